The molecule has 0 aliphatic carbocycles. The molecule has 2 aliphatic heterocycles. The first kappa shape index (κ1) is 10.3. The molecule has 2 rings (SSSR count). The van der Waals surface area contributed by atoms with Crippen molar-refractivity contribution >= 4 is 17.6 Å². The van der Waals surface area contributed by atoms with Crippen LogP contribution in [0, 0.1) is 5.92 Å². The highest BCUT2D eigenvalue weighted by molar-refractivity contribution is 6.17. The summed E-state index contributed by atoms with van der Waals surface area (Å²) in [5.74, 6) is -0.589. The highest BCUT2D eigenvalue weighted by atomic mass is 16.2. The molecule has 0 bridgehead atoms. The number of carbonyl (C=O) groups is 2. The van der Waals surface area contributed by atoms with E-state index in [1.54, 1.807) is 0 Å². The molecule has 2 aliphatic rings. The maximum Gasteiger partial charge on any atom is 0.259 e. The van der Waals surface area contributed by atoms with Crippen molar-refractivity contribution in [2.75, 3.05) is 6.54 Å². The van der Waals surface area contributed by atoms with Gasteiger partial charge in [0.05, 0.1) is 6.04 Å². The van der Waals surface area contributed by atoms with Crippen LogP contribution in [0.3, 0.4) is 0 Å². The Kier molecular flexibility index (Phi) is 2.81. The minimum absolute atomic E-state index is 0.0516. The molecule has 2 unspecified atom stereocenters. The molecule has 0 saturated carbocycles. The number of nitrogens with one attached hydrogen (secondary N) is 2. The third kappa shape index (κ3) is 1.92. The highest BCUT2D eigenvalue weighted by Gasteiger charge is 2.33. The monoisotopic (exact) mass is 209 g/mol. The number of rotatable bonds is 2. The highest BCUT2D eigenvalue weighted by Crippen LogP contribution is 2.13. The number of nitrogens with zero attached hydrogens (tertiary/aromatic N) is 1. The molecule has 0 aromatic rings. The van der Waals surface area contributed by atoms with Crippen LogP contribution in [0.5, 0.6) is 0 Å². The van der Waals surface area contributed by atoms with Crippen molar-refractivity contribution in [1.29, 1.82) is 0 Å². The molecule has 0 radical (unpaired) electrons. The number of hydrogen-bond donors (Lipinski definition) is 2. The molecule has 0 aromatic carbocycles. The van der Waals surface area contributed by atoms with Crippen LogP contribution in [-0.4, -0.2) is 30.2 Å². The standard InChI is InChI=1S/C10H15N3O2/c1-2-6-9(14)12-8(13-10(6)15)7-4-3-5-11-7/h6-7,11H,2-5H2,1H3,(H,12,13,14,15). The van der Waals surface area contributed by atoms with Crippen LogP contribution in [0.15, 0.2) is 4.99 Å². The molecule has 0 spiro atoms. The fourth-order valence-electron chi connectivity index (χ4n) is 1.99. The summed E-state index contributed by atoms with van der Waals surface area (Å²) in [4.78, 5) is 27.0. The lowest BCUT2D eigenvalue weighted by atomic mass is 10.0. The van der Waals surface area contributed by atoms with E-state index in [1.807, 2.05) is 6.92 Å². The lowest BCUT2D eigenvalue weighted by molar-refractivity contribution is -0.133. The fourth-order valence-corrected chi connectivity index (χ4v) is 1.99. The maximum atomic E-state index is 11.6. The molecule has 2 heterocycles. The van der Waals surface area contributed by atoms with Gasteiger partial charge in [0, 0.05) is 0 Å². The molecular weight excluding hydrogens is 194 g/mol. The first-order valence-electron chi connectivity index (χ1n) is 5.39. The van der Waals surface area contributed by atoms with E-state index in [4.69, 9.17) is 0 Å². The van der Waals surface area contributed by atoms with Gasteiger partial charge in [0.15, 0.2) is 0 Å². The lowest BCUT2D eigenvalue weighted by Gasteiger charge is -2.22. The molecule has 5 nitrogen and oxygen atoms in total. The molecule has 2 atom stereocenters. The van der Waals surface area contributed by atoms with Gasteiger partial charge >= 0.3 is 0 Å². The van der Waals surface area contributed by atoms with Gasteiger partial charge in [0.25, 0.3) is 5.91 Å². The molecule has 1 fully saturated rings. The van der Waals surface area contributed by atoms with Gasteiger partial charge in [-0.2, -0.15) is 4.99 Å². The third-order valence-electron chi connectivity index (χ3n) is 2.90. The van der Waals surface area contributed by atoms with Crippen molar-refractivity contribution in [2.24, 2.45) is 10.9 Å². The minimum atomic E-state index is -0.588. The van der Waals surface area contributed by atoms with E-state index in [9.17, 15) is 9.59 Å². The number of hydrogen-bond acceptors (Lipinski definition) is 3. The molecule has 15 heavy (non-hydrogen) atoms. The summed E-state index contributed by atoms with van der Waals surface area (Å²) >= 11 is 0. The van der Waals surface area contributed by atoms with Crippen LogP contribution >= 0.6 is 0 Å². The van der Waals surface area contributed by atoms with Crippen molar-refractivity contribution in [3.8, 4) is 0 Å². The van der Waals surface area contributed by atoms with E-state index < -0.39 is 5.92 Å². The van der Waals surface area contributed by atoms with Crippen molar-refractivity contribution in [3.05, 3.63) is 0 Å². The second-order valence-electron chi connectivity index (χ2n) is 3.93. The molecule has 1 saturated heterocycles. The summed E-state index contributed by atoms with van der Waals surface area (Å²) in [5.41, 5.74) is 0. The zero-order chi connectivity index (χ0) is 10.8. The van der Waals surface area contributed by atoms with Crippen molar-refractivity contribution in [1.82, 2.24) is 10.6 Å². The Morgan fingerprint density at radius 1 is 1.47 bits per heavy atom. The number of carbonyl (C=O) groups excluding carboxylic acids is 2. The first-order valence-corrected chi connectivity index (χ1v) is 5.39. The van der Waals surface area contributed by atoms with Gasteiger partial charge in [0.1, 0.15) is 11.8 Å². The maximum absolute atomic E-state index is 11.6. The fraction of sp³-hybridized carbons (Fsp3) is 0.700. The smallest absolute Gasteiger partial charge is 0.259 e. The van der Waals surface area contributed by atoms with E-state index in [-0.39, 0.29) is 17.9 Å². The summed E-state index contributed by atoms with van der Waals surface area (Å²) < 4.78 is 0. The molecule has 2 amide bonds. The van der Waals surface area contributed by atoms with Crippen LogP contribution < -0.4 is 10.6 Å². The van der Waals surface area contributed by atoms with E-state index in [1.165, 1.54) is 0 Å². The first-order chi connectivity index (χ1) is 7.22. The SMILES string of the molecule is CCC1C(=O)N=C(C2CCCN2)NC1=O. The van der Waals surface area contributed by atoms with Crippen LogP contribution in [0.25, 0.3) is 0 Å². The Balaban J connectivity index is 2.14. The van der Waals surface area contributed by atoms with Gasteiger partial charge in [-0.1, -0.05) is 6.92 Å². The summed E-state index contributed by atoms with van der Waals surface area (Å²) in [6.45, 7) is 2.74. The second-order valence-corrected chi connectivity index (χ2v) is 3.93. The van der Waals surface area contributed by atoms with Crippen LogP contribution in [0.4, 0.5) is 0 Å². The van der Waals surface area contributed by atoms with Gasteiger partial charge in [0.2, 0.25) is 5.91 Å². The average Bonchev–Trinajstić information content (AvgIpc) is 2.69. The predicted molar refractivity (Wildman–Crippen MR) is 55.4 cm³/mol. The summed E-state index contributed by atoms with van der Waals surface area (Å²) in [6, 6.07) is 0.0516. The van der Waals surface area contributed by atoms with Crippen molar-refractivity contribution < 1.29 is 9.59 Å². The van der Waals surface area contributed by atoms with Crippen LogP contribution in [0.2, 0.25) is 0 Å². The van der Waals surface area contributed by atoms with E-state index >= 15 is 0 Å². The molecule has 82 valence electrons. The lowest BCUT2D eigenvalue weighted by Crippen LogP contribution is -2.50. The normalized spacial score (nSPS) is 31.4. The van der Waals surface area contributed by atoms with Gasteiger partial charge in [-0.25, -0.2) is 0 Å². The summed E-state index contributed by atoms with van der Waals surface area (Å²) in [6.07, 6.45) is 2.51. The number of aliphatic imine (C=N–C) groups is 1. The van der Waals surface area contributed by atoms with Crippen molar-refractivity contribution in [2.45, 2.75) is 32.2 Å². The van der Waals surface area contributed by atoms with E-state index in [2.05, 4.69) is 15.6 Å². The Hall–Kier alpha value is -1.23. The van der Waals surface area contributed by atoms with Crippen LogP contribution in [0.1, 0.15) is 26.2 Å². The van der Waals surface area contributed by atoms with Gasteiger partial charge in [-0.3, -0.25) is 9.59 Å². The second kappa shape index (κ2) is 4.10. The number of amides is 2. The predicted octanol–water partition coefficient (Wildman–Crippen LogP) is -0.181. The molecule has 2 N–H and O–H groups in total. The Morgan fingerprint density at radius 2 is 2.27 bits per heavy atom. The average molecular weight is 209 g/mol. The summed E-state index contributed by atoms with van der Waals surface area (Å²) in [5, 5.41) is 5.92. The topological polar surface area (TPSA) is 70.6 Å². The van der Waals surface area contributed by atoms with E-state index in [0.29, 0.717) is 12.3 Å². The van der Waals surface area contributed by atoms with Gasteiger partial charge in [-0.05, 0) is 25.8 Å². The van der Waals surface area contributed by atoms with Crippen molar-refractivity contribution in [3.63, 3.8) is 0 Å². The molecular formula is C10H15N3O2. The summed E-state index contributed by atoms with van der Waals surface area (Å²) in [7, 11) is 0. The van der Waals surface area contributed by atoms with E-state index in [0.717, 1.165) is 19.4 Å². The Morgan fingerprint density at radius 3 is 2.80 bits per heavy atom. The molecule has 5 heteroatoms. The Labute approximate surface area is 88.3 Å². The zero-order valence-electron chi connectivity index (χ0n) is 8.75. The minimum Gasteiger partial charge on any atom is -0.312 e. The molecule has 0 aromatic heterocycles. The van der Waals surface area contributed by atoms with Gasteiger partial charge < -0.3 is 10.6 Å². The quantitative estimate of drug-likeness (QED) is 0.620. The largest absolute Gasteiger partial charge is 0.312 e. The zero-order valence-corrected chi connectivity index (χ0v) is 8.75. The third-order valence-corrected chi connectivity index (χ3v) is 2.90. The van der Waals surface area contributed by atoms with Gasteiger partial charge in [-0.15, -0.1) is 0 Å². The Bertz CT molecular complexity index is 319. The van der Waals surface area contributed by atoms with Crippen LogP contribution in [-0.2, 0) is 9.59 Å². The number of amidine groups is 1.